The van der Waals surface area contributed by atoms with Gasteiger partial charge in [0.25, 0.3) is 0 Å². The molecule has 0 amide bonds. The third-order valence-electron chi connectivity index (χ3n) is 2.45. The van der Waals surface area contributed by atoms with Gasteiger partial charge < -0.3 is 10.6 Å². The number of likely N-dealkylation sites (N-methyl/N-ethyl adjacent to an activating group) is 1. The summed E-state index contributed by atoms with van der Waals surface area (Å²) in [5.74, 6) is 0. The van der Waals surface area contributed by atoms with Crippen LogP contribution < -0.4 is 5.73 Å². The van der Waals surface area contributed by atoms with E-state index in [9.17, 15) is 0 Å². The molecule has 2 rings (SSSR count). The SMILES string of the molecule is CN1Cc2cc(Cl)ccc2C(N)C1. The number of hydrogen-bond donors (Lipinski definition) is 1. The van der Waals surface area contributed by atoms with Gasteiger partial charge in [0, 0.05) is 24.2 Å². The smallest absolute Gasteiger partial charge is 0.0427 e. The fraction of sp³-hybridized carbons (Fsp3) is 0.400. The highest BCUT2D eigenvalue weighted by molar-refractivity contribution is 6.30. The number of hydrogen-bond acceptors (Lipinski definition) is 2. The Hall–Kier alpha value is -0.570. The zero-order chi connectivity index (χ0) is 9.42. The Balaban J connectivity index is 2.43. The zero-order valence-electron chi connectivity index (χ0n) is 7.63. The van der Waals surface area contributed by atoms with Crippen molar-refractivity contribution in [2.24, 2.45) is 5.73 Å². The van der Waals surface area contributed by atoms with Crippen LogP contribution in [0.4, 0.5) is 0 Å². The third kappa shape index (κ3) is 1.70. The molecule has 0 saturated heterocycles. The molecule has 0 spiro atoms. The first-order valence-corrected chi connectivity index (χ1v) is 4.77. The molecule has 1 aromatic carbocycles. The maximum absolute atomic E-state index is 6.00. The summed E-state index contributed by atoms with van der Waals surface area (Å²) in [7, 11) is 2.07. The summed E-state index contributed by atoms with van der Waals surface area (Å²) in [5.41, 5.74) is 8.50. The first-order valence-electron chi connectivity index (χ1n) is 4.39. The lowest BCUT2D eigenvalue weighted by molar-refractivity contribution is 0.283. The van der Waals surface area contributed by atoms with Crippen molar-refractivity contribution in [1.29, 1.82) is 0 Å². The van der Waals surface area contributed by atoms with E-state index in [1.165, 1.54) is 11.1 Å². The second-order valence-electron chi connectivity index (χ2n) is 3.65. The van der Waals surface area contributed by atoms with Gasteiger partial charge in [-0.25, -0.2) is 0 Å². The largest absolute Gasteiger partial charge is 0.323 e. The van der Waals surface area contributed by atoms with Crippen molar-refractivity contribution >= 4 is 11.6 Å². The van der Waals surface area contributed by atoms with Crippen LogP contribution in [0.25, 0.3) is 0 Å². The highest BCUT2D eigenvalue weighted by Crippen LogP contribution is 2.26. The van der Waals surface area contributed by atoms with Crippen LogP contribution >= 0.6 is 11.6 Å². The van der Waals surface area contributed by atoms with E-state index in [1.807, 2.05) is 18.2 Å². The van der Waals surface area contributed by atoms with Crippen LogP contribution in [0.2, 0.25) is 5.02 Å². The van der Waals surface area contributed by atoms with E-state index in [0.29, 0.717) is 0 Å². The van der Waals surface area contributed by atoms with Crippen LogP contribution in [0.5, 0.6) is 0 Å². The monoisotopic (exact) mass is 196 g/mol. The second kappa shape index (κ2) is 3.29. The Morgan fingerprint density at radius 1 is 1.54 bits per heavy atom. The molecular formula is C10H13ClN2. The van der Waals surface area contributed by atoms with Gasteiger partial charge in [-0.3, -0.25) is 0 Å². The maximum atomic E-state index is 6.00. The fourth-order valence-electron chi connectivity index (χ4n) is 1.86. The van der Waals surface area contributed by atoms with Crippen LogP contribution in [0.1, 0.15) is 17.2 Å². The number of benzene rings is 1. The van der Waals surface area contributed by atoms with E-state index in [4.69, 9.17) is 17.3 Å². The van der Waals surface area contributed by atoms with E-state index in [0.717, 1.165) is 18.1 Å². The molecule has 0 aliphatic carbocycles. The minimum Gasteiger partial charge on any atom is -0.323 e. The molecule has 0 bridgehead atoms. The van der Waals surface area contributed by atoms with Gasteiger partial charge in [-0.1, -0.05) is 17.7 Å². The van der Waals surface area contributed by atoms with Gasteiger partial charge in [-0.15, -0.1) is 0 Å². The average molecular weight is 197 g/mol. The first kappa shape index (κ1) is 9.00. The molecule has 2 N–H and O–H groups in total. The molecule has 1 aliphatic rings. The van der Waals surface area contributed by atoms with Gasteiger partial charge in [0.2, 0.25) is 0 Å². The second-order valence-corrected chi connectivity index (χ2v) is 4.08. The van der Waals surface area contributed by atoms with Crippen LogP contribution in [0.3, 0.4) is 0 Å². The highest BCUT2D eigenvalue weighted by Gasteiger charge is 2.19. The molecular weight excluding hydrogens is 184 g/mol. The molecule has 0 radical (unpaired) electrons. The summed E-state index contributed by atoms with van der Waals surface area (Å²) in [6.07, 6.45) is 0. The quantitative estimate of drug-likeness (QED) is 0.686. The molecule has 0 aromatic heterocycles. The van der Waals surface area contributed by atoms with Crippen molar-refractivity contribution in [3.8, 4) is 0 Å². The lowest BCUT2D eigenvalue weighted by Crippen LogP contribution is -2.34. The molecule has 1 heterocycles. The van der Waals surface area contributed by atoms with Gasteiger partial charge in [0.15, 0.2) is 0 Å². The molecule has 1 aromatic rings. The predicted molar refractivity (Wildman–Crippen MR) is 54.7 cm³/mol. The number of fused-ring (bicyclic) bond motifs is 1. The molecule has 2 nitrogen and oxygen atoms in total. The topological polar surface area (TPSA) is 29.3 Å². The normalized spacial score (nSPS) is 22.8. The van der Waals surface area contributed by atoms with Crippen molar-refractivity contribution < 1.29 is 0 Å². The summed E-state index contributed by atoms with van der Waals surface area (Å²) < 4.78 is 0. The Morgan fingerprint density at radius 2 is 2.31 bits per heavy atom. The molecule has 3 heteroatoms. The maximum Gasteiger partial charge on any atom is 0.0427 e. The third-order valence-corrected chi connectivity index (χ3v) is 2.69. The standard InChI is InChI=1S/C10H13ClN2/c1-13-5-7-4-8(11)2-3-9(7)10(12)6-13/h2-4,10H,5-6,12H2,1H3. The molecule has 70 valence electrons. The first-order chi connectivity index (χ1) is 6.16. The van der Waals surface area contributed by atoms with E-state index in [-0.39, 0.29) is 6.04 Å². The lowest BCUT2D eigenvalue weighted by atomic mass is 9.96. The fourth-order valence-corrected chi connectivity index (χ4v) is 2.06. The van der Waals surface area contributed by atoms with Crippen LogP contribution in [0, 0.1) is 0 Å². The average Bonchev–Trinajstić information content (AvgIpc) is 2.02. The van der Waals surface area contributed by atoms with Crippen molar-refractivity contribution in [1.82, 2.24) is 4.90 Å². The Kier molecular flexibility index (Phi) is 2.28. The van der Waals surface area contributed by atoms with Gasteiger partial charge in [-0.2, -0.15) is 0 Å². The highest BCUT2D eigenvalue weighted by atomic mass is 35.5. The van der Waals surface area contributed by atoms with E-state index in [1.54, 1.807) is 0 Å². The number of nitrogens with zero attached hydrogens (tertiary/aromatic N) is 1. The molecule has 1 atom stereocenters. The minimum atomic E-state index is 0.131. The van der Waals surface area contributed by atoms with E-state index < -0.39 is 0 Å². The van der Waals surface area contributed by atoms with Crippen molar-refractivity contribution in [3.63, 3.8) is 0 Å². The number of nitrogens with two attached hydrogens (primary N) is 1. The molecule has 13 heavy (non-hydrogen) atoms. The Labute approximate surface area is 83.3 Å². The van der Waals surface area contributed by atoms with Gasteiger partial charge in [0.1, 0.15) is 0 Å². The van der Waals surface area contributed by atoms with Crippen molar-refractivity contribution in [2.75, 3.05) is 13.6 Å². The van der Waals surface area contributed by atoms with E-state index >= 15 is 0 Å². The Morgan fingerprint density at radius 3 is 3.08 bits per heavy atom. The summed E-state index contributed by atoms with van der Waals surface area (Å²) in [6.45, 7) is 1.87. The summed E-state index contributed by atoms with van der Waals surface area (Å²) >= 11 is 5.91. The summed E-state index contributed by atoms with van der Waals surface area (Å²) in [6, 6.07) is 6.08. The molecule has 1 unspecified atom stereocenters. The molecule has 0 saturated carbocycles. The molecule has 1 aliphatic heterocycles. The number of rotatable bonds is 0. The van der Waals surface area contributed by atoms with Crippen molar-refractivity contribution in [2.45, 2.75) is 12.6 Å². The van der Waals surface area contributed by atoms with Crippen LogP contribution in [-0.2, 0) is 6.54 Å². The van der Waals surface area contributed by atoms with Crippen LogP contribution in [-0.4, -0.2) is 18.5 Å². The minimum absolute atomic E-state index is 0.131. The summed E-state index contributed by atoms with van der Waals surface area (Å²) in [5, 5.41) is 0.793. The zero-order valence-corrected chi connectivity index (χ0v) is 8.38. The van der Waals surface area contributed by atoms with Crippen LogP contribution in [0.15, 0.2) is 18.2 Å². The van der Waals surface area contributed by atoms with Gasteiger partial charge >= 0.3 is 0 Å². The molecule has 0 fully saturated rings. The van der Waals surface area contributed by atoms with Gasteiger partial charge in [0.05, 0.1) is 0 Å². The Bertz CT molecular complexity index is 325. The number of halogens is 1. The summed E-state index contributed by atoms with van der Waals surface area (Å²) in [4.78, 5) is 2.21. The van der Waals surface area contributed by atoms with E-state index in [2.05, 4.69) is 11.9 Å². The van der Waals surface area contributed by atoms with Crippen molar-refractivity contribution in [3.05, 3.63) is 34.3 Å². The predicted octanol–water partition coefficient (Wildman–Crippen LogP) is 1.79. The van der Waals surface area contributed by atoms with Gasteiger partial charge in [-0.05, 0) is 30.3 Å². The lowest BCUT2D eigenvalue weighted by Gasteiger charge is -2.29.